The molecular formula is C26H23F3N4O3. The number of ether oxygens (including phenoxy) is 2. The highest BCUT2D eigenvalue weighted by Crippen LogP contribution is 2.31. The fourth-order valence-electron chi connectivity index (χ4n) is 4.09. The van der Waals surface area contributed by atoms with Gasteiger partial charge < -0.3 is 19.4 Å². The summed E-state index contributed by atoms with van der Waals surface area (Å²) >= 11 is 0. The Balaban J connectivity index is 1.30. The molecule has 10 heteroatoms. The van der Waals surface area contributed by atoms with Crippen LogP contribution in [0.4, 0.5) is 24.8 Å². The van der Waals surface area contributed by atoms with Crippen molar-refractivity contribution in [1.29, 1.82) is 0 Å². The number of rotatable bonds is 7. The van der Waals surface area contributed by atoms with E-state index in [2.05, 4.69) is 15.3 Å². The number of nitrogens with zero attached hydrogens (tertiary/aromatic N) is 3. The number of aromatic nitrogens is 3. The quantitative estimate of drug-likeness (QED) is 0.355. The maximum Gasteiger partial charge on any atom is 0.416 e. The number of pyridine rings is 1. The molecule has 1 saturated heterocycles. The highest BCUT2D eigenvalue weighted by molar-refractivity contribution is 5.83. The Morgan fingerprint density at radius 2 is 1.92 bits per heavy atom. The standard InChI is InChI=1S/C26H23F3N4O3/c1-33-23-7-6-20(36-21-8-10-30-19(12-21)13-24(34)16-9-11-35-15-16)14-22(23)32-25(33)31-18-4-2-17(3-5-18)26(27,28)29/h2-8,10,12,14,16H,9,11,13,15H2,1H3,(H,31,32). The van der Waals surface area contributed by atoms with Gasteiger partial charge in [0.2, 0.25) is 5.95 Å². The second-order valence-corrected chi connectivity index (χ2v) is 8.63. The third-order valence-electron chi connectivity index (χ3n) is 6.08. The van der Waals surface area contributed by atoms with E-state index in [1.54, 1.807) is 35.0 Å². The number of carbonyl (C=O) groups is 1. The van der Waals surface area contributed by atoms with Gasteiger partial charge in [0.25, 0.3) is 0 Å². The van der Waals surface area contributed by atoms with E-state index < -0.39 is 11.7 Å². The zero-order chi connectivity index (χ0) is 25.3. The number of nitrogens with one attached hydrogen (secondary N) is 1. The van der Waals surface area contributed by atoms with Crippen molar-refractivity contribution in [1.82, 2.24) is 14.5 Å². The van der Waals surface area contributed by atoms with Crippen molar-refractivity contribution in [2.75, 3.05) is 18.5 Å². The lowest BCUT2D eigenvalue weighted by atomic mass is 9.99. The van der Waals surface area contributed by atoms with Gasteiger partial charge in [0.15, 0.2) is 0 Å². The van der Waals surface area contributed by atoms with E-state index in [1.165, 1.54) is 12.1 Å². The Labute approximate surface area is 204 Å². The summed E-state index contributed by atoms with van der Waals surface area (Å²) in [7, 11) is 1.81. The molecule has 0 amide bonds. The molecule has 1 unspecified atom stereocenters. The van der Waals surface area contributed by atoms with Crippen LogP contribution in [0.3, 0.4) is 0 Å². The number of fused-ring (bicyclic) bond motifs is 1. The van der Waals surface area contributed by atoms with Crippen LogP contribution in [0, 0.1) is 5.92 Å². The molecule has 1 aliphatic heterocycles. The number of carbonyl (C=O) groups excluding carboxylic acids is 1. The van der Waals surface area contributed by atoms with Crippen LogP contribution in [-0.4, -0.2) is 33.5 Å². The van der Waals surface area contributed by atoms with E-state index in [9.17, 15) is 18.0 Å². The highest BCUT2D eigenvalue weighted by Gasteiger charge is 2.30. The van der Waals surface area contributed by atoms with E-state index in [0.717, 1.165) is 24.1 Å². The molecule has 0 radical (unpaired) electrons. The number of alkyl halides is 3. The SMILES string of the molecule is Cn1c(Nc2ccc(C(F)(F)F)cc2)nc2cc(Oc3ccnc(CC(=O)C4CCOC4)c3)ccc21. The summed E-state index contributed by atoms with van der Waals surface area (Å²) in [5.41, 5.74) is 1.87. The smallest absolute Gasteiger partial charge is 0.416 e. The molecular weight excluding hydrogens is 473 g/mol. The molecule has 7 nitrogen and oxygen atoms in total. The highest BCUT2D eigenvalue weighted by atomic mass is 19.4. The number of benzene rings is 2. The second-order valence-electron chi connectivity index (χ2n) is 8.63. The van der Waals surface area contributed by atoms with Crippen molar-refractivity contribution in [2.45, 2.75) is 19.0 Å². The van der Waals surface area contributed by atoms with Gasteiger partial charge in [-0.05, 0) is 48.9 Å². The molecule has 186 valence electrons. The number of halogens is 3. The molecule has 5 rings (SSSR count). The number of Topliss-reactive ketones (excluding diaryl/α,β-unsaturated/α-hetero) is 1. The molecule has 0 aliphatic carbocycles. The van der Waals surface area contributed by atoms with Crippen LogP contribution in [0.2, 0.25) is 0 Å². The number of imidazole rings is 1. The van der Waals surface area contributed by atoms with Gasteiger partial charge in [0.1, 0.15) is 17.3 Å². The summed E-state index contributed by atoms with van der Waals surface area (Å²) < 4.78 is 51.5. The predicted molar refractivity (Wildman–Crippen MR) is 127 cm³/mol. The van der Waals surface area contributed by atoms with Crippen LogP contribution in [0.15, 0.2) is 60.8 Å². The molecule has 0 spiro atoms. The zero-order valence-electron chi connectivity index (χ0n) is 19.4. The molecule has 36 heavy (non-hydrogen) atoms. The molecule has 3 heterocycles. The fraction of sp³-hybridized carbons (Fsp3) is 0.269. The Bertz CT molecular complexity index is 1390. The summed E-state index contributed by atoms with van der Waals surface area (Å²) in [5.74, 6) is 1.61. The van der Waals surface area contributed by atoms with Gasteiger partial charge in [-0.3, -0.25) is 9.78 Å². The van der Waals surface area contributed by atoms with Crippen LogP contribution >= 0.6 is 0 Å². The lowest BCUT2D eigenvalue weighted by Crippen LogP contribution is -2.17. The van der Waals surface area contributed by atoms with Gasteiger partial charge in [0.05, 0.1) is 28.9 Å². The summed E-state index contributed by atoms with van der Waals surface area (Å²) in [6.07, 6.45) is -1.81. The first-order chi connectivity index (χ1) is 17.3. The van der Waals surface area contributed by atoms with Crippen molar-refractivity contribution in [3.05, 3.63) is 72.1 Å². The van der Waals surface area contributed by atoms with E-state index in [1.807, 2.05) is 13.1 Å². The second kappa shape index (κ2) is 9.62. The van der Waals surface area contributed by atoms with Crippen molar-refractivity contribution in [3.63, 3.8) is 0 Å². The average molecular weight is 496 g/mol. The van der Waals surface area contributed by atoms with Crippen molar-refractivity contribution >= 4 is 28.5 Å². The van der Waals surface area contributed by atoms with E-state index in [4.69, 9.17) is 9.47 Å². The normalized spacial score (nSPS) is 15.8. The first-order valence-corrected chi connectivity index (χ1v) is 11.4. The van der Waals surface area contributed by atoms with Gasteiger partial charge in [-0.15, -0.1) is 0 Å². The van der Waals surface area contributed by atoms with Crippen LogP contribution in [0.25, 0.3) is 11.0 Å². The molecule has 4 aromatic rings. The Hall–Kier alpha value is -3.92. The van der Waals surface area contributed by atoms with Gasteiger partial charge in [-0.25, -0.2) is 4.98 Å². The summed E-state index contributed by atoms with van der Waals surface area (Å²) in [4.78, 5) is 21.3. The van der Waals surface area contributed by atoms with E-state index in [-0.39, 0.29) is 18.1 Å². The molecule has 2 aromatic carbocycles. The number of anilines is 2. The number of hydrogen-bond donors (Lipinski definition) is 1. The topological polar surface area (TPSA) is 78.3 Å². The molecule has 0 saturated carbocycles. The minimum absolute atomic E-state index is 0.0756. The van der Waals surface area contributed by atoms with Crippen molar-refractivity contribution < 1.29 is 27.4 Å². The number of aryl methyl sites for hydroxylation is 1. The first kappa shape index (κ1) is 23.8. The summed E-state index contributed by atoms with van der Waals surface area (Å²) in [6.45, 7) is 1.08. The summed E-state index contributed by atoms with van der Waals surface area (Å²) in [5, 5.41) is 3.05. The van der Waals surface area contributed by atoms with Crippen LogP contribution < -0.4 is 10.1 Å². The van der Waals surface area contributed by atoms with Gasteiger partial charge in [-0.2, -0.15) is 13.2 Å². The summed E-state index contributed by atoms with van der Waals surface area (Å²) in [6, 6.07) is 13.7. The molecule has 1 fully saturated rings. The maximum absolute atomic E-state index is 12.8. The van der Waals surface area contributed by atoms with Gasteiger partial charge in [0, 0.05) is 50.0 Å². The van der Waals surface area contributed by atoms with Crippen molar-refractivity contribution in [2.24, 2.45) is 13.0 Å². The van der Waals surface area contributed by atoms with Crippen molar-refractivity contribution in [3.8, 4) is 11.5 Å². The third-order valence-corrected chi connectivity index (χ3v) is 6.08. The Kier molecular flexibility index (Phi) is 6.36. The lowest BCUT2D eigenvalue weighted by molar-refractivity contribution is -0.137. The fourth-order valence-corrected chi connectivity index (χ4v) is 4.09. The molecule has 1 aliphatic rings. The lowest BCUT2D eigenvalue weighted by Gasteiger charge is -2.09. The monoisotopic (exact) mass is 496 g/mol. The van der Waals surface area contributed by atoms with Crippen LogP contribution in [-0.2, 0) is 29.2 Å². The van der Waals surface area contributed by atoms with E-state index in [0.29, 0.717) is 47.6 Å². The number of ketones is 1. The number of hydrogen-bond acceptors (Lipinski definition) is 6. The average Bonchev–Trinajstić information content (AvgIpc) is 3.48. The molecule has 1 N–H and O–H groups in total. The third kappa shape index (κ3) is 5.18. The Morgan fingerprint density at radius 3 is 2.64 bits per heavy atom. The first-order valence-electron chi connectivity index (χ1n) is 11.4. The van der Waals surface area contributed by atoms with E-state index >= 15 is 0 Å². The Morgan fingerprint density at radius 1 is 1.14 bits per heavy atom. The molecule has 2 aromatic heterocycles. The van der Waals surface area contributed by atoms with Crippen LogP contribution in [0.1, 0.15) is 17.7 Å². The minimum Gasteiger partial charge on any atom is -0.457 e. The van der Waals surface area contributed by atoms with Gasteiger partial charge >= 0.3 is 6.18 Å². The minimum atomic E-state index is -4.39. The molecule has 0 bridgehead atoms. The maximum atomic E-state index is 12.8. The largest absolute Gasteiger partial charge is 0.457 e. The van der Waals surface area contributed by atoms with Gasteiger partial charge in [-0.1, -0.05) is 0 Å². The zero-order valence-corrected chi connectivity index (χ0v) is 19.4. The van der Waals surface area contributed by atoms with Crippen LogP contribution in [0.5, 0.6) is 11.5 Å². The predicted octanol–water partition coefficient (Wildman–Crippen LogP) is 5.67. The molecule has 1 atom stereocenters.